The Morgan fingerprint density at radius 2 is 1.70 bits per heavy atom. The van der Waals surface area contributed by atoms with E-state index in [0.717, 1.165) is 43.2 Å². The van der Waals surface area contributed by atoms with Gasteiger partial charge >= 0.3 is 5.97 Å². The summed E-state index contributed by atoms with van der Waals surface area (Å²) in [7, 11) is 0. The molecule has 0 unspecified atom stereocenters. The number of halogens is 2. The Morgan fingerprint density at radius 1 is 1.02 bits per heavy atom. The van der Waals surface area contributed by atoms with Crippen molar-refractivity contribution in [2.75, 3.05) is 0 Å². The second kappa shape index (κ2) is 15.4. The Kier molecular flexibility index (Phi) is 11.1. The van der Waals surface area contributed by atoms with Gasteiger partial charge in [-0.3, -0.25) is 4.79 Å². The predicted molar refractivity (Wildman–Crippen MR) is 181 cm³/mol. The van der Waals surface area contributed by atoms with Crippen molar-refractivity contribution in [2.45, 2.75) is 65.0 Å². The van der Waals surface area contributed by atoms with E-state index in [9.17, 15) is 9.59 Å². The monoisotopic (exact) mass is 657 g/mol. The van der Waals surface area contributed by atoms with Crippen molar-refractivity contribution >= 4 is 35.1 Å². The van der Waals surface area contributed by atoms with Crippen LogP contribution in [0.1, 0.15) is 73.7 Å². The van der Waals surface area contributed by atoms with Crippen LogP contribution >= 0.6 is 23.2 Å². The fourth-order valence-electron chi connectivity index (χ4n) is 5.89. The Balaban J connectivity index is 1.43. The maximum absolute atomic E-state index is 13.7. The lowest BCUT2D eigenvalue weighted by Gasteiger charge is -2.29. The number of hydrogen-bond acceptors (Lipinski definition) is 4. The van der Waals surface area contributed by atoms with E-state index < -0.39 is 12.0 Å². The van der Waals surface area contributed by atoms with Crippen LogP contribution in [0.25, 0.3) is 11.3 Å². The minimum absolute atomic E-state index is 0.0300. The van der Waals surface area contributed by atoms with Crippen LogP contribution < -0.4 is 10.1 Å². The highest BCUT2D eigenvalue weighted by molar-refractivity contribution is 6.36. The summed E-state index contributed by atoms with van der Waals surface area (Å²) in [6.45, 7) is 4.42. The van der Waals surface area contributed by atoms with Crippen molar-refractivity contribution in [3.63, 3.8) is 0 Å². The van der Waals surface area contributed by atoms with Gasteiger partial charge in [0.1, 0.15) is 17.3 Å². The van der Waals surface area contributed by atoms with Crippen molar-refractivity contribution in [2.24, 2.45) is 11.8 Å². The van der Waals surface area contributed by atoms with Crippen molar-refractivity contribution in [3.05, 3.63) is 99.9 Å². The minimum atomic E-state index is -0.989. The molecule has 0 radical (unpaired) electrons. The molecule has 0 spiro atoms. The molecule has 46 heavy (non-hydrogen) atoms. The van der Waals surface area contributed by atoms with Gasteiger partial charge in [-0.15, -0.1) is 5.92 Å². The number of aromatic carboxylic acids is 1. The lowest BCUT2D eigenvalue weighted by Crippen LogP contribution is -2.37. The molecule has 1 aliphatic carbocycles. The maximum Gasteiger partial charge on any atom is 0.335 e. The highest BCUT2D eigenvalue weighted by Crippen LogP contribution is 2.34. The summed E-state index contributed by atoms with van der Waals surface area (Å²) in [4.78, 5) is 29.9. The van der Waals surface area contributed by atoms with Crippen LogP contribution in [0, 0.1) is 23.7 Å². The summed E-state index contributed by atoms with van der Waals surface area (Å²) < 4.78 is 7.92. The zero-order chi connectivity index (χ0) is 32.6. The minimum Gasteiger partial charge on any atom is -0.478 e. The molecule has 7 nitrogen and oxygen atoms in total. The number of carbonyl (C=O) groups is 2. The first kappa shape index (κ1) is 33.1. The van der Waals surface area contributed by atoms with Crippen LogP contribution in [0.5, 0.6) is 11.5 Å². The van der Waals surface area contributed by atoms with Gasteiger partial charge in [0.05, 0.1) is 28.9 Å². The summed E-state index contributed by atoms with van der Waals surface area (Å²) in [6.07, 6.45) is 7.48. The summed E-state index contributed by atoms with van der Waals surface area (Å²) in [5.74, 6) is 7.66. The number of nitrogens with one attached hydrogen (secondary N) is 1. The van der Waals surface area contributed by atoms with E-state index in [2.05, 4.69) is 24.1 Å². The van der Waals surface area contributed by atoms with Gasteiger partial charge in [-0.2, -0.15) is 0 Å². The molecular weight excluding hydrogens is 621 g/mol. The molecule has 238 valence electrons. The summed E-state index contributed by atoms with van der Waals surface area (Å²) in [5.41, 5.74) is 2.60. The van der Waals surface area contributed by atoms with Crippen molar-refractivity contribution in [3.8, 4) is 34.6 Å². The third kappa shape index (κ3) is 8.31. The van der Waals surface area contributed by atoms with Gasteiger partial charge in [0.25, 0.3) is 0 Å². The molecule has 1 heterocycles. The van der Waals surface area contributed by atoms with Gasteiger partial charge in [-0.05, 0) is 105 Å². The van der Waals surface area contributed by atoms with E-state index in [4.69, 9.17) is 38.0 Å². The number of carboxylic acid groups (broad SMARTS) is 1. The number of benzene rings is 3. The lowest BCUT2D eigenvalue weighted by molar-refractivity contribution is -0.127. The first-order valence-electron chi connectivity index (χ1n) is 15.6. The largest absolute Gasteiger partial charge is 0.478 e. The van der Waals surface area contributed by atoms with Crippen LogP contribution in [0.2, 0.25) is 10.0 Å². The molecule has 1 aliphatic rings. The lowest BCUT2D eigenvalue weighted by atomic mass is 9.80. The third-order valence-electron chi connectivity index (χ3n) is 8.56. The number of ether oxygens (including phenoxy) is 1. The quantitative estimate of drug-likeness (QED) is 0.157. The Morgan fingerprint density at radius 3 is 2.30 bits per heavy atom. The molecule has 1 aromatic heterocycles. The molecule has 9 heteroatoms. The van der Waals surface area contributed by atoms with Gasteiger partial charge in [-0.1, -0.05) is 54.6 Å². The zero-order valence-corrected chi connectivity index (χ0v) is 27.4. The van der Waals surface area contributed by atoms with Crippen LogP contribution in [-0.4, -0.2) is 26.5 Å². The van der Waals surface area contributed by atoms with E-state index in [1.807, 2.05) is 41.1 Å². The van der Waals surface area contributed by atoms with Crippen molar-refractivity contribution < 1.29 is 19.4 Å². The molecule has 1 fully saturated rings. The Bertz CT molecular complexity index is 1730. The molecule has 3 aromatic carbocycles. The van der Waals surface area contributed by atoms with Crippen LogP contribution in [-0.2, 0) is 17.8 Å². The van der Waals surface area contributed by atoms with Crippen LogP contribution in [0.4, 0.5) is 0 Å². The van der Waals surface area contributed by atoms with Gasteiger partial charge < -0.3 is 19.7 Å². The SMILES string of the molecule is CC#CCn1cc(-c2ccc(Cl)cc2Cl)nc1[C@H](Cc1ccc(Oc2ccc(C(=O)O)cc2)cc1)NC(=O)C1CCC(CC)CC1. The predicted octanol–water partition coefficient (Wildman–Crippen LogP) is 8.99. The number of amides is 1. The average Bonchev–Trinajstić information content (AvgIpc) is 3.48. The molecule has 1 saturated carbocycles. The highest BCUT2D eigenvalue weighted by Gasteiger charge is 2.29. The number of imidazole rings is 1. The summed E-state index contributed by atoms with van der Waals surface area (Å²) in [6, 6.07) is 18.8. The number of rotatable bonds is 11. The third-order valence-corrected chi connectivity index (χ3v) is 9.11. The summed E-state index contributed by atoms with van der Waals surface area (Å²) in [5, 5.41) is 13.5. The van der Waals surface area contributed by atoms with E-state index in [1.165, 1.54) is 12.1 Å². The second-order valence-electron chi connectivity index (χ2n) is 11.6. The zero-order valence-electron chi connectivity index (χ0n) is 25.9. The number of carboxylic acids is 1. The second-order valence-corrected chi connectivity index (χ2v) is 12.5. The standard InChI is InChI=1S/C37H37Cl2N3O4/c1-3-5-20-42-23-34(31-19-14-28(38)22-32(31)39)40-35(42)33(41-36(43)26-10-6-24(4-2)7-11-26)21-25-8-15-29(16-9-25)46-30-17-12-27(13-18-30)37(44)45/h8-9,12-19,22-24,26,33H,4,6-7,10-11,20-21H2,1-2H3,(H,41,43)(H,44,45)/t24?,26?,33-/m0/s1. The summed E-state index contributed by atoms with van der Waals surface area (Å²) >= 11 is 12.7. The molecule has 0 aliphatic heterocycles. The average molecular weight is 659 g/mol. The van der Waals surface area contributed by atoms with Crippen LogP contribution in [0.15, 0.2) is 72.9 Å². The van der Waals surface area contributed by atoms with Gasteiger partial charge in [0, 0.05) is 22.7 Å². The molecule has 1 amide bonds. The van der Waals surface area contributed by atoms with E-state index in [-0.39, 0.29) is 17.4 Å². The normalized spacial score (nSPS) is 16.6. The first-order chi connectivity index (χ1) is 22.2. The van der Waals surface area contributed by atoms with Gasteiger partial charge in [-0.25, -0.2) is 9.78 Å². The number of carbonyl (C=O) groups excluding carboxylic acids is 1. The molecule has 2 N–H and O–H groups in total. The first-order valence-corrected chi connectivity index (χ1v) is 16.3. The van der Waals surface area contributed by atoms with E-state index in [1.54, 1.807) is 31.2 Å². The van der Waals surface area contributed by atoms with Crippen molar-refractivity contribution in [1.29, 1.82) is 0 Å². The molecular formula is C37H37Cl2N3O4. The molecule has 4 aromatic rings. The maximum atomic E-state index is 13.7. The molecule has 5 rings (SSSR count). The Hall–Kier alpha value is -4.25. The molecule has 0 saturated heterocycles. The highest BCUT2D eigenvalue weighted by atomic mass is 35.5. The van der Waals surface area contributed by atoms with Gasteiger partial charge in [0.2, 0.25) is 5.91 Å². The number of nitrogens with zero attached hydrogens (tertiary/aromatic N) is 2. The van der Waals surface area contributed by atoms with E-state index >= 15 is 0 Å². The van der Waals surface area contributed by atoms with Gasteiger partial charge in [0.15, 0.2) is 0 Å². The molecule has 1 atom stereocenters. The number of aromatic nitrogens is 2. The topological polar surface area (TPSA) is 93.5 Å². The van der Waals surface area contributed by atoms with E-state index in [0.29, 0.717) is 51.9 Å². The fraction of sp³-hybridized carbons (Fsp3) is 0.324. The Labute approximate surface area is 279 Å². The number of hydrogen-bond donors (Lipinski definition) is 2. The fourth-order valence-corrected chi connectivity index (χ4v) is 6.39. The molecule has 0 bridgehead atoms. The van der Waals surface area contributed by atoms with Crippen molar-refractivity contribution in [1.82, 2.24) is 14.9 Å². The smallest absolute Gasteiger partial charge is 0.335 e. The van der Waals surface area contributed by atoms with Crippen LogP contribution in [0.3, 0.4) is 0 Å².